The zero-order chi connectivity index (χ0) is 11.6. The van der Waals surface area contributed by atoms with E-state index in [9.17, 15) is 23.0 Å². The molecule has 4 nitrogen and oxygen atoms in total. The Labute approximate surface area is 89.6 Å². The molecule has 0 aliphatic rings. The lowest BCUT2D eigenvalue weighted by Crippen LogP contribution is -2.50. The van der Waals surface area contributed by atoms with Crippen LogP contribution in [0.5, 0.6) is 0 Å². The third-order valence-corrected chi connectivity index (χ3v) is 2.51. The lowest BCUT2D eigenvalue weighted by molar-refractivity contribution is -0.201. The molecule has 0 saturated carbocycles. The molecule has 0 aliphatic heterocycles. The smallest absolute Gasteiger partial charge is 0.251 e. The Morgan fingerprint density at radius 1 is 1.00 bits per heavy atom. The van der Waals surface area contributed by atoms with Gasteiger partial charge in [0.2, 0.25) is 0 Å². The molecule has 0 fully saturated rings. The summed E-state index contributed by atoms with van der Waals surface area (Å²) in [5.41, 5.74) is 0. The molecule has 0 aromatic rings. The van der Waals surface area contributed by atoms with Gasteiger partial charge < -0.3 is 0 Å². The van der Waals surface area contributed by atoms with Gasteiger partial charge in [0, 0.05) is 9.05 Å². The standard InChI is InChI=1S/C4Cl3F3O4/c5-3(6,1(11)13-9)4(7,8)2(12)14-10. The average molecular weight is 275 g/mol. The summed E-state index contributed by atoms with van der Waals surface area (Å²) in [5, 5.41) is -4.02. The van der Waals surface area contributed by atoms with Crippen LogP contribution < -0.4 is 0 Å². The molecular formula is C4Cl3F3O4. The predicted octanol–water partition coefficient (Wildman–Crippen LogP) is 1.92. The van der Waals surface area contributed by atoms with Crippen molar-refractivity contribution in [2.24, 2.45) is 0 Å². The van der Waals surface area contributed by atoms with Gasteiger partial charge in [0.25, 0.3) is 4.33 Å². The van der Waals surface area contributed by atoms with Crippen molar-refractivity contribution in [1.82, 2.24) is 0 Å². The first kappa shape index (κ1) is 13.6. The van der Waals surface area contributed by atoms with E-state index in [4.69, 9.17) is 23.2 Å². The summed E-state index contributed by atoms with van der Waals surface area (Å²) >= 11 is 14.3. The minimum atomic E-state index is -4.02. The normalized spacial score (nSPS) is 15.6. The first-order chi connectivity index (χ1) is 6.21. The highest BCUT2D eigenvalue weighted by Crippen LogP contribution is 2.42. The monoisotopic (exact) mass is 274 g/mol. The van der Waals surface area contributed by atoms with Crippen molar-refractivity contribution in [2.75, 3.05) is 0 Å². The van der Waals surface area contributed by atoms with Gasteiger partial charge in [-0.3, -0.25) is 4.94 Å². The zero-order valence-electron chi connectivity index (χ0n) is 5.90. The van der Waals surface area contributed by atoms with Gasteiger partial charge in [-0.2, -0.15) is 0 Å². The first-order valence-electron chi connectivity index (χ1n) is 2.63. The van der Waals surface area contributed by atoms with Gasteiger partial charge in [-0.25, -0.2) is 18.9 Å². The van der Waals surface area contributed by atoms with Crippen LogP contribution in [0, 0.1) is 0 Å². The summed E-state index contributed by atoms with van der Waals surface area (Å²) in [5.74, 6) is -4.65. The fourth-order valence-corrected chi connectivity index (χ4v) is 0.672. The second kappa shape index (κ2) is 4.41. The quantitative estimate of drug-likeness (QED) is 0.738. The van der Waals surface area contributed by atoms with Crippen LogP contribution in [0.15, 0.2) is 0 Å². The molecule has 14 heavy (non-hydrogen) atoms. The van der Waals surface area contributed by atoms with Gasteiger partial charge in [0.05, 0.1) is 0 Å². The molecule has 0 aromatic carbocycles. The van der Waals surface area contributed by atoms with Gasteiger partial charge in [-0.05, 0) is 0 Å². The summed E-state index contributed by atoms with van der Waals surface area (Å²) < 4.78 is 32.1. The first-order valence-corrected chi connectivity index (χ1v) is 3.76. The molecular weight excluding hydrogens is 275 g/mol. The lowest BCUT2D eigenvalue weighted by Gasteiger charge is -2.23. The number of carbonyl (C=O) groups is 2. The molecule has 0 spiro atoms. The summed E-state index contributed by atoms with van der Waals surface area (Å²) in [7, 11) is 0. The largest absolute Gasteiger partial charge is 0.404 e. The van der Waals surface area contributed by atoms with E-state index in [1.54, 1.807) is 0 Å². The van der Waals surface area contributed by atoms with E-state index in [1.807, 2.05) is 0 Å². The highest BCUT2D eigenvalue weighted by atomic mass is 35.5. The van der Waals surface area contributed by atoms with Crippen LogP contribution in [0.2, 0.25) is 0 Å². The van der Waals surface area contributed by atoms with Gasteiger partial charge >= 0.3 is 17.1 Å². The maximum atomic E-state index is 13.0. The van der Waals surface area contributed by atoms with E-state index in [1.165, 1.54) is 0 Å². The van der Waals surface area contributed by atoms with Gasteiger partial charge in [0.15, 0.2) is 0 Å². The third kappa shape index (κ3) is 2.15. The van der Waals surface area contributed by atoms with E-state index in [2.05, 4.69) is 21.5 Å². The Hall–Kier alpha value is -0.400. The van der Waals surface area contributed by atoms with Crippen LogP contribution in [0.1, 0.15) is 0 Å². The summed E-state index contributed by atoms with van der Waals surface area (Å²) in [6, 6.07) is 0. The number of halogens is 6. The summed E-state index contributed by atoms with van der Waals surface area (Å²) in [6.07, 6.45) is 0. The lowest BCUT2D eigenvalue weighted by atomic mass is 10.2. The van der Waals surface area contributed by atoms with E-state index >= 15 is 0 Å². The van der Waals surface area contributed by atoms with Crippen LogP contribution >= 0.6 is 34.8 Å². The van der Waals surface area contributed by atoms with Crippen molar-refractivity contribution in [1.29, 1.82) is 0 Å². The molecule has 0 heterocycles. The SMILES string of the molecule is O=C(OF)C(F)(Cl)C(Cl)(Cl)C(=O)OF. The highest BCUT2D eigenvalue weighted by Gasteiger charge is 2.64. The van der Waals surface area contributed by atoms with E-state index in [0.29, 0.717) is 0 Å². The average Bonchev–Trinajstić information content (AvgIpc) is 2.14. The Balaban J connectivity index is 5.06. The van der Waals surface area contributed by atoms with Crippen molar-refractivity contribution < 1.29 is 32.9 Å². The topological polar surface area (TPSA) is 52.6 Å². The molecule has 0 N–H and O–H groups in total. The van der Waals surface area contributed by atoms with Crippen LogP contribution in [-0.2, 0) is 19.5 Å². The van der Waals surface area contributed by atoms with Crippen molar-refractivity contribution in [3.05, 3.63) is 0 Å². The molecule has 0 saturated heterocycles. The molecule has 82 valence electrons. The summed E-state index contributed by atoms with van der Waals surface area (Å²) in [6.45, 7) is 0. The Morgan fingerprint density at radius 3 is 1.64 bits per heavy atom. The number of rotatable bonds is 3. The highest BCUT2D eigenvalue weighted by molar-refractivity contribution is 6.63. The van der Waals surface area contributed by atoms with Crippen molar-refractivity contribution in [2.45, 2.75) is 9.46 Å². The van der Waals surface area contributed by atoms with E-state index in [0.717, 1.165) is 0 Å². The Kier molecular flexibility index (Phi) is 4.29. The van der Waals surface area contributed by atoms with E-state index < -0.39 is 21.4 Å². The van der Waals surface area contributed by atoms with Crippen LogP contribution in [0.4, 0.5) is 13.4 Å². The fourth-order valence-electron chi connectivity index (χ4n) is 0.353. The maximum absolute atomic E-state index is 13.0. The molecule has 0 aromatic heterocycles. The maximum Gasteiger partial charge on any atom is 0.404 e. The Morgan fingerprint density at radius 2 is 1.36 bits per heavy atom. The number of hydrogen-bond donors (Lipinski definition) is 0. The number of carbonyl (C=O) groups excluding carboxylic acids is 2. The molecule has 0 aliphatic carbocycles. The van der Waals surface area contributed by atoms with Crippen LogP contribution in [-0.4, -0.2) is 21.4 Å². The van der Waals surface area contributed by atoms with Crippen molar-refractivity contribution in [3.63, 3.8) is 0 Å². The third-order valence-electron chi connectivity index (χ3n) is 1.05. The van der Waals surface area contributed by atoms with E-state index in [-0.39, 0.29) is 0 Å². The molecule has 1 atom stereocenters. The predicted molar refractivity (Wildman–Crippen MR) is 38.5 cm³/mol. The molecule has 0 rings (SSSR count). The fraction of sp³-hybridized carbons (Fsp3) is 0.500. The molecule has 0 radical (unpaired) electrons. The molecule has 0 bridgehead atoms. The van der Waals surface area contributed by atoms with Crippen LogP contribution in [0.25, 0.3) is 0 Å². The number of hydrogen-bond acceptors (Lipinski definition) is 4. The second-order valence-electron chi connectivity index (χ2n) is 1.88. The van der Waals surface area contributed by atoms with Gasteiger partial charge in [-0.15, -0.1) is 0 Å². The molecule has 1 unspecified atom stereocenters. The van der Waals surface area contributed by atoms with Crippen molar-refractivity contribution >= 4 is 46.7 Å². The minimum Gasteiger partial charge on any atom is -0.251 e. The molecule has 0 amide bonds. The number of alkyl halides is 4. The van der Waals surface area contributed by atoms with Crippen LogP contribution in [0.3, 0.4) is 0 Å². The Bertz CT molecular complexity index is 230. The zero-order valence-corrected chi connectivity index (χ0v) is 8.17. The van der Waals surface area contributed by atoms with Gasteiger partial charge in [-0.1, -0.05) is 34.8 Å². The van der Waals surface area contributed by atoms with Crippen molar-refractivity contribution in [3.8, 4) is 0 Å². The minimum absolute atomic E-state index is 2.23. The van der Waals surface area contributed by atoms with Gasteiger partial charge in [0.1, 0.15) is 0 Å². The summed E-state index contributed by atoms with van der Waals surface area (Å²) in [4.78, 5) is 25.5. The molecule has 10 heteroatoms. The second-order valence-corrected chi connectivity index (χ2v) is 3.73.